The first-order valence-electron chi connectivity index (χ1n) is 7.48. The molecule has 0 fully saturated rings. The van der Waals surface area contributed by atoms with Gasteiger partial charge in [-0.05, 0) is 58.6 Å². The molecular formula is C15H25ClN4O2. The van der Waals surface area contributed by atoms with E-state index in [9.17, 15) is 4.79 Å². The van der Waals surface area contributed by atoms with E-state index in [1.54, 1.807) is 6.20 Å². The highest BCUT2D eigenvalue weighted by molar-refractivity contribution is 6.28. The van der Waals surface area contributed by atoms with E-state index < -0.39 is 5.60 Å². The number of alkyl carbamates (subject to hydrolysis) is 1. The summed E-state index contributed by atoms with van der Waals surface area (Å²) in [5.74, 6) is 0.770. The summed E-state index contributed by atoms with van der Waals surface area (Å²) in [7, 11) is 0. The Balaban J connectivity index is 2.09. The number of halogens is 1. The third kappa shape index (κ3) is 8.02. The van der Waals surface area contributed by atoms with Gasteiger partial charge in [-0.2, -0.15) is 0 Å². The maximum atomic E-state index is 11.4. The molecule has 0 spiro atoms. The predicted molar refractivity (Wildman–Crippen MR) is 88.4 cm³/mol. The Morgan fingerprint density at radius 1 is 1.27 bits per heavy atom. The molecule has 0 aliphatic carbocycles. The van der Waals surface area contributed by atoms with E-state index in [1.807, 2.05) is 27.7 Å². The van der Waals surface area contributed by atoms with Crippen LogP contribution in [0.5, 0.6) is 0 Å². The summed E-state index contributed by atoms with van der Waals surface area (Å²) in [6, 6.07) is 0. The summed E-state index contributed by atoms with van der Waals surface area (Å²) in [4.78, 5) is 19.5. The van der Waals surface area contributed by atoms with Crippen LogP contribution < -0.4 is 10.6 Å². The molecule has 0 radical (unpaired) electrons. The largest absolute Gasteiger partial charge is 0.444 e. The zero-order valence-corrected chi connectivity index (χ0v) is 14.5. The van der Waals surface area contributed by atoms with Gasteiger partial charge in [0.1, 0.15) is 11.4 Å². The lowest BCUT2D eigenvalue weighted by Gasteiger charge is -2.19. The fourth-order valence-corrected chi connectivity index (χ4v) is 1.87. The molecule has 1 aromatic rings. The second-order valence-electron chi connectivity index (χ2n) is 6.09. The number of nitrogens with one attached hydrogen (secondary N) is 2. The average Bonchev–Trinajstić information content (AvgIpc) is 2.39. The van der Waals surface area contributed by atoms with Crippen molar-refractivity contribution in [2.45, 2.75) is 52.6 Å². The number of rotatable bonds is 7. The number of nitrogens with zero attached hydrogens (tertiary/aromatic N) is 2. The number of anilines is 1. The Morgan fingerprint density at radius 2 is 1.95 bits per heavy atom. The maximum absolute atomic E-state index is 11.4. The van der Waals surface area contributed by atoms with Crippen LogP contribution >= 0.6 is 11.6 Å². The van der Waals surface area contributed by atoms with Gasteiger partial charge in [0.15, 0.2) is 0 Å². The van der Waals surface area contributed by atoms with Gasteiger partial charge in [0.2, 0.25) is 5.28 Å². The van der Waals surface area contributed by atoms with E-state index in [2.05, 4.69) is 20.6 Å². The van der Waals surface area contributed by atoms with E-state index in [0.717, 1.165) is 37.2 Å². The minimum absolute atomic E-state index is 0.245. The minimum Gasteiger partial charge on any atom is -0.444 e. The minimum atomic E-state index is -0.454. The first-order valence-corrected chi connectivity index (χ1v) is 7.85. The van der Waals surface area contributed by atoms with Crippen molar-refractivity contribution in [3.63, 3.8) is 0 Å². The normalized spacial score (nSPS) is 11.1. The molecule has 0 atom stereocenters. The standard InChI is InChI=1S/C15H25ClN4O2/c1-11-10-19-13(16)20-12(11)17-8-6-5-7-9-18-14(21)22-15(2,3)4/h10H,5-9H2,1-4H3,(H,18,21)(H,17,19,20). The number of aryl methyl sites for hydroxylation is 1. The number of amides is 1. The van der Waals surface area contributed by atoms with E-state index in [1.165, 1.54) is 0 Å². The van der Waals surface area contributed by atoms with Crippen LogP contribution in [0.4, 0.5) is 10.6 Å². The van der Waals surface area contributed by atoms with Crippen LogP contribution in [0.25, 0.3) is 0 Å². The second kappa shape index (κ2) is 8.78. The Kier molecular flexibility index (Phi) is 7.38. The third-order valence-electron chi connectivity index (χ3n) is 2.76. The van der Waals surface area contributed by atoms with Gasteiger partial charge in [0.05, 0.1) is 0 Å². The van der Waals surface area contributed by atoms with Crippen molar-refractivity contribution in [3.8, 4) is 0 Å². The van der Waals surface area contributed by atoms with Crippen molar-refractivity contribution < 1.29 is 9.53 Å². The fraction of sp³-hybridized carbons (Fsp3) is 0.667. The van der Waals surface area contributed by atoms with Gasteiger partial charge >= 0.3 is 6.09 Å². The fourth-order valence-electron chi connectivity index (χ4n) is 1.74. The van der Waals surface area contributed by atoms with Crippen LogP contribution in [0.15, 0.2) is 6.20 Å². The summed E-state index contributed by atoms with van der Waals surface area (Å²) < 4.78 is 5.16. The number of ether oxygens (including phenoxy) is 1. The molecule has 1 rings (SSSR count). The van der Waals surface area contributed by atoms with Crippen LogP contribution in [0, 0.1) is 6.92 Å². The monoisotopic (exact) mass is 328 g/mol. The highest BCUT2D eigenvalue weighted by Gasteiger charge is 2.15. The number of unbranched alkanes of at least 4 members (excludes halogenated alkanes) is 2. The van der Waals surface area contributed by atoms with Gasteiger partial charge in [-0.1, -0.05) is 0 Å². The lowest BCUT2D eigenvalue weighted by atomic mass is 10.2. The van der Waals surface area contributed by atoms with Crippen molar-refractivity contribution in [1.82, 2.24) is 15.3 Å². The first-order chi connectivity index (χ1) is 10.3. The predicted octanol–water partition coefficient (Wildman–Crippen LogP) is 3.55. The average molecular weight is 329 g/mol. The van der Waals surface area contributed by atoms with Gasteiger partial charge in [-0.3, -0.25) is 0 Å². The van der Waals surface area contributed by atoms with Crippen molar-refractivity contribution in [1.29, 1.82) is 0 Å². The molecule has 1 aromatic heterocycles. The van der Waals surface area contributed by atoms with E-state index >= 15 is 0 Å². The molecule has 1 heterocycles. The third-order valence-corrected chi connectivity index (χ3v) is 2.94. The van der Waals surface area contributed by atoms with Crippen molar-refractivity contribution in [2.75, 3.05) is 18.4 Å². The molecular weight excluding hydrogens is 304 g/mol. The molecule has 0 aliphatic heterocycles. The molecule has 0 bridgehead atoms. The molecule has 22 heavy (non-hydrogen) atoms. The van der Waals surface area contributed by atoms with Gasteiger partial charge in [0.25, 0.3) is 0 Å². The highest BCUT2D eigenvalue weighted by atomic mass is 35.5. The summed E-state index contributed by atoms with van der Waals surface area (Å²) in [5.41, 5.74) is 0.515. The Bertz CT molecular complexity index is 489. The van der Waals surface area contributed by atoms with Crippen LogP contribution in [-0.4, -0.2) is 34.8 Å². The molecule has 6 nitrogen and oxygen atoms in total. The van der Waals surface area contributed by atoms with E-state index in [0.29, 0.717) is 6.54 Å². The molecule has 1 amide bonds. The van der Waals surface area contributed by atoms with E-state index in [-0.39, 0.29) is 11.4 Å². The highest BCUT2D eigenvalue weighted by Crippen LogP contribution is 2.12. The smallest absolute Gasteiger partial charge is 0.407 e. The molecule has 124 valence electrons. The zero-order valence-electron chi connectivity index (χ0n) is 13.7. The Morgan fingerprint density at radius 3 is 2.64 bits per heavy atom. The lowest BCUT2D eigenvalue weighted by Crippen LogP contribution is -2.33. The second-order valence-corrected chi connectivity index (χ2v) is 6.42. The SMILES string of the molecule is Cc1cnc(Cl)nc1NCCCCCNC(=O)OC(C)(C)C. The maximum Gasteiger partial charge on any atom is 0.407 e. The Labute approximate surface area is 137 Å². The molecule has 7 heteroatoms. The summed E-state index contributed by atoms with van der Waals surface area (Å²) >= 11 is 5.76. The number of hydrogen-bond donors (Lipinski definition) is 2. The summed E-state index contributed by atoms with van der Waals surface area (Å²) in [5, 5.41) is 6.23. The zero-order chi connectivity index (χ0) is 16.6. The molecule has 0 unspecified atom stereocenters. The topological polar surface area (TPSA) is 76.1 Å². The summed E-state index contributed by atoms with van der Waals surface area (Å²) in [6.45, 7) is 8.90. The number of hydrogen-bond acceptors (Lipinski definition) is 5. The van der Waals surface area contributed by atoms with Crippen LogP contribution in [0.3, 0.4) is 0 Å². The van der Waals surface area contributed by atoms with Gasteiger partial charge in [-0.25, -0.2) is 14.8 Å². The van der Waals surface area contributed by atoms with Crippen molar-refractivity contribution in [3.05, 3.63) is 17.0 Å². The van der Waals surface area contributed by atoms with Gasteiger partial charge in [0, 0.05) is 24.8 Å². The number of carbonyl (C=O) groups is 1. The number of aromatic nitrogens is 2. The van der Waals surface area contributed by atoms with Gasteiger partial charge in [-0.15, -0.1) is 0 Å². The quantitative estimate of drug-likeness (QED) is 0.591. The van der Waals surface area contributed by atoms with E-state index in [4.69, 9.17) is 16.3 Å². The van der Waals surface area contributed by atoms with Crippen LogP contribution in [0.1, 0.15) is 45.6 Å². The van der Waals surface area contributed by atoms with Crippen molar-refractivity contribution in [2.24, 2.45) is 0 Å². The molecule has 0 aromatic carbocycles. The molecule has 0 saturated carbocycles. The van der Waals surface area contributed by atoms with Crippen molar-refractivity contribution >= 4 is 23.5 Å². The molecule has 0 saturated heterocycles. The molecule has 2 N–H and O–H groups in total. The van der Waals surface area contributed by atoms with Crippen LogP contribution in [-0.2, 0) is 4.74 Å². The first kappa shape index (κ1) is 18.5. The number of carbonyl (C=O) groups excluding carboxylic acids is 1. The van der Waals surface area contributed by atoms with Gasteiger partial charge < -0.3 is 15.4 Å². The summed E-state index contributed by atoms with van der Waals surface area (Å²) in [6.07, 6.45) is 4.22. The van der Waals surface area contributed by atoms with Crippen LogP contribution in [0.2, 0.25) is 5.28 Å². The lowest BCUT2D eigenvalue weighted by molar-refractivity contribution is 0.0527. The molecule has 0 aliphatic rings. The Hall–Kier alpha value is -1.56.